The summed E-state index contributed by atoms with van der Waals surface area (Å²) in [6.45, 7) is 7.27. The summed E-state index contributed by atoms with van der Waals surface area (Å²) < 4.78 is 13.5. The molecule has 1 N–H and O–H groups in total. The van der Waals surface area contributed by atoms with Crippen LogP contribution in [0.15, 0.2) is 18.2 Å². The largest absolute Gasteiger partial charge is 0.312 e. The summed E-state index contributed by atoms with van der Waals surface area (Å²) in [6, 6.07) is 4.69. The maximum Gasteiger partial charge on any atom is 0.127 e. The van der Waals surface area contributed by atoms with Crippen molar-refractivity contribution in [1.29, 1.82) is 0 Å². The van der Waals surface area contributed by atoms with Gasteiger partial charge in [-0.15, -0.1) is 0 Å². The van der Waals surface area contributed by atoms with Gasteiger partial charge in [-0.2, -0.15) is 0 Å². The lowest BCUT2D eigenvalue weighted by molar-refractivity contribution is 0.282. The minimum Gasteiger partial charge on any atom is -0.312 e. The van der Waals surface area contributed by atoms with Gasteiger partial charge in [0.25, 0.3) is 0 Å². The number of rotatable bonds is 6. The lowest BCUT2D eigenvalue weighted by Crippen LogP contribution is -2.31. The van der Waals surface area contributed by atoms with Crippen LogP contribution in [-0.2, 0) is 6.54 Å². The van der Waals surface area contributed by atoms with Crippen molar-refractivity contribution in [2.75, 3.05) is 26.2 Å². The van der Waals surface area contributed by atoms with Crippen molar-refractivity contribution in [2.45, 2.75) is 26.3 Å². The second-order valence-corrected chi connectivity index (χ2v) is 5.92. The molecule has 1 unspecified atom stereocenters. The van der Waals surface area contributed by atoms with Crippen molar-refractivity contribution < 1.29 is 4.39 Å². The summed E-state index contributed by atoms with van der Waals surface area (Å²) in [5.74, 6) is 0.393. The van der Waals surface area contributed by atoms with Crippen molar-refractivity contribution in [3.8, 4) is 0 Å². The van der Waals surface area contributed by atoms with Crippen LogP contribution in [0.5, 0.6) is 0 Å². The molecule has 1 fully saturated rings. The van der Waals surface area contributed by atoms with E-state index in [1.807, 2.05) is 0 Å². The van der Waals surface area contributed by atoms with Crippen molar-refractivity contribution >= 4 is 11.6 Å². The summed E-state index contributed by atoms with van der Waals surface area (Å²) in [6.07, 6.45) is 2.65. The zero-order chi connectivity index (χ0) is 13.7. The standard InChI is InChI=1S/C15H22ClFN2/c1-12(11-19-6-2-3-7-19)9-18-10-13-8-14(16)4-5-15(13)17/h4-5,8,12,18H,2-3,6-7,9-11H2,1H3. The zero-order valence-electron chi connectivity index (χ0n) is 11.5. The molecular formula is C15H22ClFN2. The Kier molecular flexibility index (Phi) is 5.61. The van der Waals surface area contributed by atoms with E-state index < -0.39 is 0 Å². The second kappa shape index (κ2) is 7.22. The van der Waals surface area contributed by atoms with Gasteiger partial charge in [0.05, 0.1) is 0 Å². The molecule has 0 saturated carbocycles. The fourth-order valence-electron chi connectivity index (χ4n) is 2.60. The number of hydrogen-bond donors (Lipinski definition) is 1. The van der Waals surface area contributed by atoms with E-state index in [0.29, 0.717) is 23.0 Å². The molecule has 4 heteroatoms. The van der Waals surface area contributed by atoms with E-state index in [1.54, 1.807) is 12.1 Å². The second-order valence-electron chi connectivity index (χ2n) is 5.48. The monoisotopic (exact) mass is 284 g/mol. The Labute approximate surface area is 119 Å². The van der Waals surface area contributed by atoms with Crippen molar-refractivity contribution in [1.82, 2.24) is 10.2 Å². The molecule has 19 heavy (non-hydrogen) atoms. The summed E-state index contributed by atoms with van der Waals surface area (Å²) in [5, 5.41) is 3.90. The Morgan fingerprint density at radius 1 is 1.37 bits per heavy atom. The molecular weight excluding hydrogens is 263 g/mol. The van der Waals surface area contributed by atoms with Crippen LogP contribution >= 0.6 is 11.6 Å². The highest BCUT2D eigenvalue weighted by molar-refractivity contribution is 6.30. The molecule has 1 aromatic carbocycles. The molecule has 0 amide bonds. The number of benzene rings is 1. The van der Waals surface area contributed by atoms with Crippen molar-refractivity contribution in [2.24, 2.45) is 5.92 Å². The van der Waals surface area contributed by atoms with E-state index in [9.17, 15) is 4.39 Å². The lowest BCUT2D eigenvalue weighted by atomic mass is 10.1. The lowest BCUT2D eigenvalue weighted by Gasteiger charge is -2.20. The molecule has 0 aliphatic carbocycles. The first-order valence-electron chi connectivity index (χ1n) is 7.02. The van der Waals surface area contributed by atoms with Crippen LogP contribution in [0.2, 0.25) is 5.02 Å². The summed E-state index contributed by atoms with van der Waals surface area (Å²) in [7, 11) is 0. The Morgan fingerprint density at radius 2 is 2.11 bits per heavy atom. The van der Waals surface area contributed by atoms with Gasteiger partial charge in [-0.25, -0.2) is 4.39 Å². The predicted molar refractivity (Wildman–Crippen MR) is 78.0 cm³/mol. The van der Waals surface area contributed by atoms with E-state index in [2.05, 4.69) is 17.1 Å². The minimum absolute atomic E-state index is 0.191. The molecule has 1 aliphatic rings. The van der Waals surface area contributed by atoms with Gasteiger partial charge in [-0.3, -0.25) is 0 Å². The first kappa shape index (κ1) is 14.8. The molecule has 0 bridgehead atoms. The van der Waals surface area contributed by atoms with Crippen LogP contribution < -0.4 is 5.32 Å². The van der Waals surface area contributed by atoms with Crippen LogP contribution in [-0.4, -0.2) is 31.1 Å². The molecule has 106 valence electrons. The fourth-order valence-corrected chi connectivity index (χ4v) is 2.80. The zero-order valence-corrected chi connectivity index (χ0v) is 12.2. The van der Waals surface area contributed by atoms with E-state index in [4.69, 9.17) is 11.6 Å². The fraction of sp³-hybridized carbons (Fsp3) is 0.600. The normalized spacial score (nSPS) is 17.8. The van der Waals surface area contributed by atoms with Gasteiger partial charge in [0, 0.05) is 23.7 Å². The molecule has 1 heterocycles. The number of nitrogens with one attached hydrogen (secondary N) is 1. The third kappa shape index (κ3) is 4.75. The third-order valence-electron chi connectivity index (χ3n) is 3.58. The van der Waals surface area contributed by atoms with Gasteiger partial charge in [0.2, 0.25) is 0 Å². The molecule has 0 radical (unpaired) electrons. The Bertz CT molecular complexity index is 405. The molecule has 0 spiro atoms. The topological polar surface area (TPSA) is 15.3 Å². The SMILES string of the molecule is CC(CNCc1cc(Cl)ccc1F)CN1CCCC1. The van der Waals surface area contributed by atoms with Crippen LogP contribution in [0, 0.1) is 11.7 Å². The molecule has 1 aromatic rings. The van der Waals surface area contributed by atoms with Gasteiger partial charge >= 0.3 is 0 Å². The summed E-state index contributed by atoms with van der Waals surface area (Å²) in [5.41, 5.74) is 0.640. The van der Waals surface area contributed by atoms with Crippen LogP contribution in [0.25, 0.3) is 0 Å². The summed E-state index contributed by atoms with van der Waals surface area (Å²) >= 11 is 5.87. The van der Waals surface area contributed by atoms with Gasteiger partial charge in [0.1, 0.15) is 5.82 Å². The molecule has 0 aromatic heterocycles. The van der Waals surface area contributed by atoms with Crippen LogP contribution in [0.4, 0.5) is 4.39 Å². The van der Waals surface area contributed by atoms with Gasteiger partial charge in [-0.05, 0) is 56.6 Å². The highest BCUT2D eigenvalue weighted by Crippen LogP contribution is 2.15. The number of halogens is 2. The number of nitrogens with zero attached hydrogens (tertiary/aromatic N) is 1. The van der Waals surface area contributed by atoms with Crippen molar-refractivity contribution in [3.63, 3.8) is 0 Å². The van der Waals surface area contributed by atoms with E-state index in [0.717, 1.165) is 13.1 Å². The average molecular weight is 285 g/mol. The number of likely N-dealkylation sites (tertiary alicyclic amines) is 1. The maximum absolute atomic E-state index is 13.5. The highest BCUT2D eigenvalue weighted by Gasteiger charge is 2.14. The maximum atomic E-state index is 13.5. The minimum atomic E-state index is -0.191. The van der Waals surface area contributed by atoms with E-state index in [1.165, 1.54) is 32.0 Å². The highest BCUT2D eigenvalue weighted by atomic mass is 35.5. The summed E-state index contributed by atoms with van der Waals surface area (Å²) in [4.78, 5) is 2.51. The van der Waals surface area contributed by atoms with E-state index in [-0.39, 0.29) is 5.82 Å². The van der Waals surface area contributed by atoms with Gasteiger partial charge < -0.3 is 10.2 Å². The first-order valence-corrected chi connectivity index (χ1v) is 7.40. The predicted octanol–water partition coefficient (Wildman–Crippen LogP) is 3.30. The quantitative estimate of drug-likeness (QED) is 0.862. The van der Waals surface area contributed by atoms with E-state index >= 15 is 0 Å². The Hall–Kier alpha value is -0.640. The smallest absolute Gasteiger partial charge is 0.127 e. The third-order valence-corrected chi connectivity index (χ3v) is 3.82. The Balaban J connectivity index is 1.71. The van der Waals surface area contributed by atoms with Gasteiger partial charge in [0.15, 0.2) is 0 Å². The number of hydrogen-bond acceptors (Lipinski definition) is 2. The molecule has 1 aliphatic heterocycles. The molecule has 1 atom stereocenters. The first-order chi connectivity index (χ1) is 9.15. The van der Waals surface area contributed by atoms with Crippen LogP contribution in [0.3, 0.4) is 0 Å². The molecule has 1 saturated heterocycles. The van der Waals surface area contributed by atoms with Gasteiger partial charge in [-0.1, -0.05) is 18.5 Å². The average Bonchev–Trinajstić information content (AvgIpc) is 2.86. The molecule has 2 nitrogen and oxygen atoms in total. The van der Waals surface area contributed by atoms with Crippen LogP contribution in [0.1, 0.15) is 25.3 Å². The van der Waals surface area contributed by atoms with Crippen molar-refractivity contribution in [3.05, 3.63) is 34.6 Å². The Morgan fingerprint density at radius 3 is 2.84 bits per heavy atom. The molecule has 2 rings (SSSR count).